The van der Waals surface area contributed by atoms with Gasteiger partial charge in [0.25, 0.3) is 0 Å². The van der Waals surface area contributed by atoms with Crippen LogP contribution >= 0.6 is 15.9 Å². The minimum Gasteiger partial charge on any atom is -0.496 e. The number of carbonyl (C=O) groups is 1. The summed E-state index contributed by atoms with van der Waals surface area (Å²) in [6, 6.07) is 9.32. The summed E-state index contributed by atoms with van der Waals surface area (Å²) < 4.78 is 48.3. The molecule has 0 aliphatic rings. The Morgan fingerprint density at radius 1 is 1.10 bits per heavy atom. The van der Waals surface area contributed by atoms with Crippen LogP contribution in [0.3, 0.4) is 0 Å². The molecule has 0 fully saturated rings. The standard InChI is InChI=1S/C19H16BrF3N4O3/c1-27-17(15(20)10-24-27)14-9-12(5-8-16(14)29-2)26-18(28)25-11-3-6-13(7-4-11)30-19(21,22)23/h3-10H,1-2H3,(H2,25,26,28). The fourth-order valence-corrected chi connectivity index (χ4v) is 3.28. The molecule has 2 aromatic carbocycles. The summed E-state index contributed by atoms with van der Waals surface area (Å²) in [7, 11) is 3.31. The molecule has 0 saturated heterocycles. The molecular weight excluding hydrogens is 469 g/mol. The van der Waals surface area contributed by atoms with E-state index in [1.807, 2.05) is 0 Å². The van der Waals surface area contributed by atoms with Gasteiger partial charge in [-0.2, -0.15) is 5.10 Å². The normalized spacial score (nSPS) is 11.1. The Hall–Kier alpha value is -3.21. The van der Waals surface area contributed by atoms with Crippen LogP contribution in [0, 0.1) is 0 Å². The number of anilines is 2. The van der Waals surface area contributed by atoms with Crippen LogP contribution < -0.4 is 20.1 Å². The summed E-state index contributed by atoms with van der Waals surface area (Å²) in [6.45, 7) is 0. The molecule has 0 bridgehead atoms. The van der Waals surface area contributed by atoms with Gasteiger partial charge in [0.2, 0.25) is 0 Å². The van der Waals surface area contributed by atoms with E-state index in [1.165, 1.54) is 19.2 Å². The number of halogens is 4. The minimum absolute atomic E-state index is 0.296. The second-order valence-corrected chi connectivity index (χ2v) is 6.89. The van der Waals surface area contributed by atoms with Crippen molar-refractivity contribution in [1.82, 2.24) is 9.78 Å². The Bertz CT molecular complexity index is 1030. The van der Waals surface area contributed by atoms with Gasteiger partial charge in [-0.25, -0.2) is 4.79 Å². The molecule has 2 amide bonds. The Morgan fingerprint density at radius 3 is 2.30 bits per heavy atom. The molecule has 0 saturated carbocycles. The van der Waals surface area contributed by atoms with Crippen molar-refractivity contribution in [2.24, 2.45) is 7.05 Å². The fraction of sp³-hybridized carbons (Fsp3) is 0.158. The van der Waals surface area contributed by atoms with E-state index >= 15 is 0 Å². The molecule has 0 aliphatic carbocycles. The maximum Gasteiger partial charge on any atom is 0.573 e. The topological polar surface area (TPSA) is 77.4 Å². The Labute approximate surface area is 177 Å². The first-order valence-electron chi connectivity index (χ1n) is 8.46. The number of ether oxygens (including phenoxy) is 2. The lowest BCUT2D eigenvalue weighted by Gasteiger charge is -2.13. The van der Waals surface area contributed by atoms with Crippen molar-refractivity contribution in [2.75, 3.05) is 17.7 Å². The van der Waals surface area contributed by atoms with Crippen LogP contribution in [-0.2, 0) is 7.05 Å². The van der Waals surface area contributed by atoms with Crippen LogP contribution in [0.15, 0.2) is 53.1 Å². The molecule has 7 nitrogen and oxygen atoms in total. The minimum atomic E-state index is -4.78. The van der Waals surface area contributed by atoms with Gasteiger partial charge in [0.15, 0.2) is 0 Å². The van der Waals surface area contributed by atoms with Gasteiger partial charge in [-0.1, -0.05) is 0 Å². The van der Waals surface area contributed by atoms with Gasteiger partial charge in [-0.05, 0) is 58.4 Å². The van der Waals surface area contributed by atoms with Gasteiger partial charge in [0.1, 0.15) is 11.5 Å². The molecule has 3 aromatic rings. The number of benzene rings is 2. The number of amides is 2. The summed E-state index contributed by atoms with van der Waals surface area (Å²) in [5, 5.41) is 9.39. The largest absolute Gasteiger partial charge is 0.573 e. The molecule has 0 radical (unpaired) electrons. The van der Waals surface area contributed by atoms with Crippen molar-refractivity contribution in [3.8, 4) is 22.8 Å². The zero-order valence-electron chi connectivity index (χ0n) is 15.7. The Kier molecular flexibility index (Phi) is 6.20. The van der Waals surface area contributed by atoms with Crippen LogP contribution in [0.5, 0.6) is 11.5 Å². The molecule has 1 aromatic heterocycles. The highest BCUT2D eigenvalue weighted by molar-refractivity contribution is 9.10. The highest BCUT2D eigenvalue weighted by atomic mass is 79.9. The Morgan fingerprint density at radius 2 is 1.73 bits per heavy atom. The molecule has 0 spiro atoms. The molecule has 11 heteroatoms. The number of hydrogen-bond donors (Lipinski definition) is 2. The average molecular weight is 485 g/mol. The van der Waals surface area contributed by atoms with Crippen molar-refractivity contribution in [3.05, 3.63) is 53.1 Å². The van der Waals surface area contributed by atoms with Gasteiger partial charge in [-0.3, -0.25) is 4.68 Å². The van der Waals surface area contributed by atoms with E-state index in [4.69, 9.17) is 4.74 Å². The first-order chi connectivity index (χ1) is 14.2. The third kappa shape index (κ3) is 5.23. The number of methoxy groups -OCH3 is 1. The number of alkyl halides is 3. The van der Waals surface area contributed by atoms with E-state index in [0.29, 0.717) is 22.7 Å². The third-order valence-corrected chi connectivity index (χ3v) is 4.53. The van der Waals surface area contributed by atoms with Crippen LogP contribution in [0.25, 0.3) is 11.3 Å². The first-order valence-corrected chi connectivity index (χ1v) is 9.25. The monoisotopic (exact) mass is 484 g/mol. The molecule has 1 heterocycles. The summed E-state index contributed by atoms with van der Waals surface area (Å²) in [5.74, 6) is 0.209. The number of aromatic nitrogens is 2. The zero-order valence-corrected chi connectivity index (χ0v) is 17.3. The van der Waals surface area contributed by atoms with Crippen molar-refractivity contribution >= 4 is 33.3 Å². The zero-order chi connectivity index (χ0) is 21.9. The molecule has 0 unspecified atom stereocenters. The van der Waals surface area contributed by atoms with Gasteiger partial charge < -0.3 is 20.1 Å². The van der Waals surface area contributed by atoms with Gasteiger partial charge in [0.05, 0.1) is 23.5 Å². The van der Waals surface area contributed by atoms with Crippen LogP contribution in [0.1, 0.15) is 0 Å². The smallest absolute Gasteiger partial charge is 0.496 e. The van der Waals surface area contributed by atoms with Crippen molar-refractivity contribution in [1.29, 1.82) is 0 Å². The molecule has 0 aliphatic heterocycles. The second-order valence-electron chi connectivity index (χ2n) is 6.03. The third-order valence-electron chi connectivity index (χ3n) is 3.95. The molecule has 30 heavy (non-hydrogen) atoms. The number of rotatable bonds is 5. The van der Waals surface area contributed by atoms with Crippen LogP contribution in [0.4, 0.5) is 29.3 Å². The van der Waals surface area contributed by atoms with Gasteiger partial charge in [0, 0.05) is 24.0 Å². The fourth-order valence-electron chi connectivity index (χ4n) is 2.72. The van der Waals surface area contributed by atoms with E-state index < -0.39 is 12.4 Å². The number of nitrogens with zero attached hydrogens (tertiary/aromatic N) is 2. The predicted molar refractivity (Wildman–Crippen MR) is 109 cm³/mol. The molecular formula is C19H16BrF3N4O3. The number of carbonyl (C=O) groups excluding carboxylic acids is 1. The van der Waals surface area contributed by atoms with E-state index in [2.05, 4.69) is 36.4 Å². The molecule has 3 rings (SSSR count). The second kappa shape index (κ2) is 8.66. The lowest BCUT2D eigenvalue weighted by molar-refractivity contribution is -0.274. The van der Waals surface area contributed by atoms with Gasteiger partial charge >= 0.3 is 12.4 Å². The van der Waals surface area contributed by atoms with Crippen molar-refractivity contribution < 1.29 is 27.4 Å². The Balaban J connectivity index is 1.73. The van der Waals surface area contributed by atoms with Crippen molar-refractivity contribution in [3.63, 3.8) is 0 Å². The molecule has 2 N–H and O–H groups in total. The predicted octanol–water partition coefficient (Wildman–Crippen LogP) is 5.40. The van der Waals surface area contributed by atoms with E-state index in [9.17, 15) is 18.0 Å². The number of urea groups is 1. The number of hydrogen-bond acceptors (Lipinski definition) is 4. The highest BCUT2D eigenvalue weighted by Gasteiger charge is 2.31. The maximum atomic E-state index is 12.3. The van der Waals surface area contributed by atoms with Gasteiger partial charge in [-0.15, -0.1) is 13.2 Å². The first kappa shape index (κ1) is 21.5. The summed E-state index contributed by atoms with van der Waals surface area (Å²) in [4.78, 5) is 12.3. The SMILES string of the molecule is COc1ccc(NC(=O)Nc2ccc(OC(F)(F)F)cc2)cc1-c1c(Br)cnn1C. The van der Waals surface area contributed by atoms with Crippen LogP contribution in [-0.4, -0.2) is 29.3 Å². The van der Waals surface area contributed by atoms with E-state index in [1.54, 1.807) is 36.1 Å². The summed E-state index contributed by atoms with van der Waals surface area (Å²) in [6.07, 6.45) is -3.13. The quantitative estimate of drug-likeness (QED) is 0.508. The van der Waals surface area contributed by atoms with Crippen molar-refractivity contribution in [2.45, 2.75) is 6.36 Å². The average Bonchev–Trinajstić information content (AvgIpc) is 3.00. The summed E-state index contributed by atoms with van der Waals surface area (Å²) >= 11 is 3.44. The van der Waals surface area contributed by atoms with E-state index in [-0.39, 0.29) is 5.75 Å². The summed E-state index contributed by atoms with van der Waals surface area (Å²) in [5.41, 5.74) is 2.24. The van der Waals surface area contributed by atoms with Crippen LogP contribution in [0.2, 0.25) is 0 Å². The van der Waals surface area contributed by atoms with E-state index in [0.717, 1.165) is 22.3 Å². The molecule has 0 atom stereocenters. The maximum absolute atomic E-state index is 12.3. The number of aryl methyl sites for hydroxylation is 1. The molecule has 158 valence electrons. The lowest BCUT2D eigenvalue weighted by Crippen LogP contribution is -2.19. The number of nitrogens with one attached hydrogen (secondary N) is 2. The highest BCUT2D eigenvalue weighted by Crippen LogP contribution is 2.36. The lowest BCUT2D eigenvalue weighted by atomic mass is 10.1.